The lowest BCUT2D eigenvalue weighted by Crippen LogP contribution is -2.30. The minimum absolute atomic E-state index is 0.00934. The highest BCUT2D eigenvalue weighted by Gasteiger charge is 2.30. The second-order valence-corrected chi connectivity index (χ2v) is 8.38. The zero-order valence-corrected chi connectivity index (χ0v) is 17.4. The molecule has 158 valence electrons. The maximum atomic E-state index is 13.4. The number of likely N-dealkylation sites (tertiary alicyclic amines) is 1. The van der Waals surface area contributed by atoms with Crippen molar-refractivity contribution >= 4 is 11.8 Å². The van der Waals surface area contributed by atoms with E-state index in [0.717, 1.165) is 42.0 Å². The van der Waals surface area contributed by atoms with Crippen LogP contribution in [0.5, 0.6) is 0 Å². The molecule has 1 aliphatic carbocycles. The van der Waals surface area contributed by atoms with Gasteiger partial charge in [-0.25, -0.2) is 14.4 Å². The van der Waals surface area contributed by atoms with Crippen LogP contribution in [-0.2, 0) is 22.4 Å². The van der Waals surface area contributed by atoms with Gasteiger partial charge in [-0.15, -0.1) is 0 Å². The van der Waals surface area contributed by atoms with Crippen LogP contribution in [0, 0.1) is 19.7 Å². The summed E-state index contributed by atoms with van der Waals surface area (Å²) in [6.07, 6.45) is 3.43. The first-order valence-corrected chi connectivity index (χ1v) is 10.5. The van der Waals surface area contributed by atoms with Crippen LogP contribution in [0.15, 0.2) is 24.3 Å². The van der Waals surface area contributed by atoms with Gasteiger partial charge in [0.05, 0.1) is 12.8 Å². The number of carbonyl (C=O) groups is 2. The number of hydrogen-bond donors (Lipinski definition) is 1. The second kappa shape index (κ2) is 8.50. The van der Waals surface area contributed by atoms with E-state index in [9.17, 15) is 14.0 Å². The van der Waals surface area contributed by atoms with Crippen LogP contribution in [0.2, 0.25) is 0 Å². The predicted octanol–water partition coefficient (Wildman–Crippen LogP) is 2.61. The molecule has 7 heteroatoms. The Balaban J connectivity index is 1.39. The van der Waals surface area contributed by atoms with Crippen LogP contribution in [0.1, 0.15) is 53.5 Å². The van der Waals surface area contributed by atoms with E-state index in [-0.39, 0.29) is 30.0 Å². The summed E-state index contributed by atoms with van der Waals surface area (Å²) in [4.78, 5) is 35.9. The SMILES string of the molecule is Cc1nc([C@@H]2CCN(C(=O)Cc3cccc(F)c3)C2)nc(C)c1CC(=O)NC1CC1. The fourth-order valence-corrected chi connectivity index (χ4v) is 4.00. The molecule has 1 aromatic carbocycles. The van der Waals surface area contributed by atoms with E-state index in [0.29, 0.717) is 31.1 Å². The molecule has 1 N–H and O–H groups in total. The quantitative estimate of drug-likeness (QED) is 0.794. The van der Waals surface area contributed by atoms with Gasteiger partial charge in [0, 0.05) is 42.0 Å². The molecule has 1 aliphatic heterocycles. The maximum Gasteiger partial charge on any atom is 0.227 e. The molecular weight excluding hydrogens is 383 g/mol. The lowest BCUT2D eigenvalue weighted by molar-refractivity contribution is -0.129. The highest BCUT2D eigenvalue weighted by atomic mass is 19.1. The van der Waals surface area contributed by atoms with Gasteiger partial charge in [0.25, 0.3) is 0 Å². The summed E-state index contributed by atoms with van der Waals surface area (Å²) < 4.78 is 13.4. The normalized spacial score (nSPS) is 18.5. The molecule has 1 saturated carbocycles. The Morgan fingerprint density at radius 3 is 2.53 bits per heavy atom. The zero-order chi connectivity index (χ0) is 21.3. The van der Waals surface area contributed by atoms with Crippen LogP contribution in [0.25, 0.3) is 0 Å². The topological polar surface area (TPSA) is 75.2 Å². The fourth-order valence-electron chi connectivity index (χ4n) is 4.00. The van der Waals surface area contributed by atoms with Crippen LogP contribution in [0.3, 0.4) is 0 Å². The van der Waals surface area contributed by atoms with Gasteiger partial charge >= 0.3 is 0 Å². The molecule has 4 rings (SSSR count). The van der Waals surface area contributed by atoms with Crippen molar-refractivity contribution in [1.82, 2.24) is 20.2 Å². The van der Waals surface area contributed by atoms with Gasteiger partial charge in [0.2, 0.25) is 11.8 Å². The lowest BCUT2D eigenvalue weighted by Gasteiger charge is -2.17. The number of amides is 2. The Labute approximate surface area is 175 Å². The van der Waals surface area contributed by atoms with Crippen molar-refractivity contribution in [1.29, 1.82) is 0 Å². The summed E-state index contributed by atoms with van der Waals surface area (Å²) in [5, 5.41) is 3.01. The first-order valence-electron chi connectivity index (χ1n) is 10.5. The molecule has 1 atom stereocenters. The number of aryl methyl sites for hydroxylation is 2. The molecule has 0 bridgehead atoms. The number of halogens is 1. The summed E-state index contributed by atoms with van der Waals surface area (Å²) in [5.74, 6) is 0.496. The molecule has 0 spiro atoms. The van der Waals surface area contributed by atoms with Crippen molar-refractivity contribution in [3.63, 3.8) is 0 Å². The van der Waals surface area contributed by atoms with Gasteiger partial charge in [-0.1, -0.05) is 12.1 Å². The Morgan fingerprint density at radius 1 is 1.13 bits per heavy atom. The van der Waals surface area contributed by atoms with Crippen molar-refractivity contribution in [3.05, 3.63) is 58.4 Å². The molecule has 2 aliphatic rings. The van der Waals surface area contributed by atoms with E-state index < -0.39 is 0 Å². The molecule has 30 heavy (non-hydrogen) atoms. The van der Waals surface area contributed by atoms with Gasteiger partial charge in [-0.2, -0.15) is 0 Å². The van der Waals surface area contributed by atoms with Crippen molar-refractivity contribution in [2.45, 2.75) is 57.9 Å². The van der Waals surface area contributed by atoms with E-state index >= 15 is 0 Å². The van der Waals surface area contributed by atoms with Crippen molar-refractivity contribution in [2.24, 2.45) is 0 Å². The van der Waals surface area contributed by atoms with E-state index in [1.165, 1.54) is 12.1 Å². The number of rotatable bonds is 6. The smallest absolute Gasteiger partial charge is 0.227 e. The zero-order valence-electron chi connectivity index (χ0n) is 17.4. The Kier molecular flexibility index (Phi) is 5.79. The van der Waals surface area contributed by atoms with Crippen molar-refractivity contribution < 1.29 is 14.0 Å². The van der Waals surface area contributed by atoms with E-state index in [2.05, 4.69) is 15.3 Å². The van der Waals surface area contributed by atoms with Crippen LogP contribution in [0.4, 0.5) is 4.39 Å². The van der Waals surface area contributed by atoms with Crippen LogP contribution < -0.4 is 5.32 Å². The van der Waals surface area contributed by atoms with E-state index in [4.69, 9.17) is 0 Å². The standard InChI is InChI=1S/C23H27FN4O2/c1-14-20(12-21(29)27-19-6-7-19)15(2)26-23(25-14)17-8-9-28(13-17)22(30)11-16-4-3-5-18(24)10-16/h3-5,10,17,19H,6-9,11-13H2,1-2H3,(H,27,29)/t17-/m1/s1. The summed E-state index contributed by atoms with van der Waals surface area (Å²) in [6, 6.07) is 6.51. The number of aromatic nitrogens is 2. The molecule has 6 nitrogen and oxygen atoms in total. The Hall–Kier alpha value is -2.83. The summed E-state index contributed by atoms with van der Waals surface area (Å²) in [5.41, 5.74) is 3.22. The summed E-state index contributed by atoms with van der Waals surface area (Å²) in [7, 11) is 0. The van der Waals surface area contributed by atoms with Gasteiger partial charge in [0.15, 0.2) is 0 Å². The number of carbonyl (C=O) groups excluding carboxylic acids is 2. The highest BCUT2D eigenvalue weighted by Crippen LogP contribution is 2.27. The first kappa shape index (κ1) is 20.4. The van der Waals surface area contributed by atoms with Crippen molar-refractivity contribution in [3.8, 4) is 0 Å². The number of nitrogens with one attached hydrogen (secondary N) is 1. The predicted molar refractivity (Wildman–Crippen MR) is 110 cm³/mol. The van der Waals surface area contributed by atoms with E-state index in [1.54, 1.807) is 17.0 Å². The first-order chi connectivity index (χ1) is 14.4. The van der Waals surface area contributed by atoms with E-state index in [1.807, 2.05) is 13.8 Å². The number of hydrogen-bond acceptors (Lipinski definition) is 4. The minimum Gasteiger partial charge on any atom is -0.353 e. The Bertz CT molecular complexity index is 950. The third kappa shape index (κ3) is 4.83. The minimum atomic E-state index is -0.329. The second-order valence-electron chi connectivity index (χ2n) is 8.38. The largest absolute Gasteiger partial charge is 0.353 e. The highest BCUT2D eigenvalue weighted by molar-refractivity contribution is 5.80. The third-order valence-corrected chi connectivity index (χ3v) is 5.87. The average Bonchev–Trinajstić information content (AvgIpc) is 3.35. The molecule has 0 radical (unpaired) electrons. The average molecular weight is 410 g/mol. The molecule has 2 heterocycles. The van der Waals surface area contributed by atoms with Crippen LogP contribution in [-0.4, -0.2) is 45.8 Å². The van der Waals surface area contributed by atoms with Crippen molar-refractivity contribution in [2.75, 3.05) is 13.1 Å². The molecule has 1 aromatic heterocycles. The molecular formula is C23H27FN4O2. The van der Waals surface area contributed by atoms with Gasteiger partial charge < -0.3 is 10.2 Å². The summed E-state index contributed by atoms with van der Waals surface area (Å²) in [6.45, 7) is 5.04. The van der Waals surface area contributed by atoms with Crippen LogP contribution >= 0.6 is 0 Å². The van der Waals surface area contributed by atoms with Gasteiger partial charge in [-0.3, -0.25) is 9.59 Å². The molecule has 2 aromatic rings. The fraction of sp³-hybridized carbons (Fsp3) is 0.478. The number of benzene rings is 1. The number of nitrogens with zero attached hydrogens (tertiary/aromatic N) is 3. The third-order valence-electron chi connectivity index (χ3n) is 5.87. The summed E-state index contributed by atoms with van der Waals surface area (Å²) >= 11 is 0. The maximum absolute atomic E-state index is 13.4. The lowest BCUT2D eigenvalue weighted by atomic mass is 10.0. The monoisotopic (exact) mass is 410 g/mol. The molecule has 0 unspecified atom stereocenters. The molecule has 2 fully saturated rings. The van der Waals surface area contributed by atoms with Gasteiger partial charge in [-0.05, 0) is 50.8 Å². The Morgan fingerprint density at radius 2 is 1.87 bits per heavy atom. The van der Waals surface area contributed by atoms with Gasteiger partial charge in [0.1, 0.15) is 11.6 Å². The molecule has 2 amide bonds. The molecule has 1 saturated heterocycles.